The lowest BCUT2D eigenvalue weighted by molar-refractivity contribution is -0.113. The molecule has 0 aliphatic rings. The molecule has 0 spiro atoms. The van der Waals surface area contributed by atoms with Gasteiger partial charge in [0, 0.05) is 20.3 Å². The fourth-order valence-corrected chi connectivity index (χ4v) is 3.62. The molecule has 0 fully saturated rings. The van der Waals surface area contributed by atoms with Gasteiger partial charge in [-0.3, -0.25) is 4.79 Å². The van der Waals surface area contributed by atoms with Crippen LogP contribution in [0.4, 0.5) is 9.52 Å². The molecule has 3 aromatic rings. The average molecular weight is 423 g/mol. The Kier molecular flexibility index (Phi) is 5.65. The molecule has 0 bridgehead atoms. The number of carbonyl (C=O) groups is 1. The van der Waals surface area contributed by atoms with Gasteiger partial charge >= 0.3 is 0 Å². The number of amides is 1. The van der Waals surface area contributed by atoms with Crippen LogP contribution in [0, 0.1) is 5.82 Å². The van der Waals surface area contributed by atoms with Crippen molar-refractivity contribution in [2.75, 3.05) is 11.1 Å². The summed E-state index contributed by atoms with van der Waals surface area (Å²) in [6.45, 7) is 0. The van der Waals surface area contributed by atoms with E-state index in [9.17, 15) is 9.18 Å². The summed E-state index contributed by atoms with van der Waals surface area (Å²) in [6, 6.07) is 13.9. The van der Waals surface area contributed by atoms with Gasteiger partial charge in [-0.25, -0.2) is 9.37 Å². The molecule has 0 atom stereocenters. The van der Waals surface area contributed by atoms with Crippen molar-refractivity contribution in [1.29, 1.82) is 0 Å². The van der Waals surface area contributed by atoms with E-state index in [4.69, 9.17) is 0 Å². The molecule has 0 aliphatic carbocycles. The minimum atomic E-state index is -0.285. The lowest BCUT2D eigenvalue weighted by Crippen LogP contribution is -2.13. The van der Waals surface area contributed by atoms with Gasteiger partial charge in [-0.2, -0.15) is 0 Å². The molecule has 1 amide bonds. The van der Waals surface area contributed by atoms with E-state index in [1.165, 1.54) is 35.2 Å². The van der Waals surface area contributed by atoms with Crippen LogP contribution in [0.2, 0.25) is 0 Å². The molecule has 2 aromatic carbocycles. The maximum absolute atomic E-state index is 12.8. The average Bonchev–Trinajstić information content (AvgIpc) is 3.03. The normalized spacial score (nSPS) is 10.6. The van der Waals surface area contributed by atoms with Crippen LogP contribution in [0.3, 0.4) is 0 Å². The molecule has 0 radical (unpaired) electrons. The summed E-state index contributed by atoms with van der Waals surface area (Å²) in [6.07, 6.45) is 0. The zero-order valence-electron chi connectivity index (χ0n) is 12.3. The zero-order chi connectivity index (χ0) is 16.9. The quantitative estimate of drug-likeness (QED) is 0.556. The van der Waals surface area contributed by atoms with E-state index in [1.54, 1.807) is 12.1 Å². The van der Waals surface area contributed by atoms with Gasteiger partial charge in [0.2, 0.25) is 5.91 Å². The van der Waals surface area contributed by atoms with Gasteiger partial charge in [-0.15, -0.1) is 23.1 Å². The predicted octanol–water partition coefficient (Wildman–Crippen LogP) is 5.44. The third kappa shape index (κ3) is 4.66. The molecule has 0 saturated heterocycles. The highest BCUT2D eigenvalue weighted by atomic mass is 79.9. The predicted molar refractivity (Wildman–Crippen MR) is 101 cm³/mol. The Morgan fingerprint density at radius 3 is 2.58 bits per heavy atom. The second kappa shape index (κ2) is 7.92. The largest absolute Gasteiger partial charge is 0.301 e. The van der Waals surface area contributed by atoms with Crippen molar-refractivity contribution in [2.45, 2.75) is 4.90 Å². The number of thiazole rings is 1. The van der Waals surface area contributed by atoms with Crippen molar-refractivity contribution in [3.8, 4) is 11.3 Å². The van der Waals surface area contributed by atoms with Gasteiger partial charge in [-0.1, -0.05) is 28.1 Å². The van der Waals surface area contributed by atoms with Crippen LogP contribution in [-0.4, -0.2) is 16.6 Å². The third-order valence-electron chi connectivity index (χ3n) is 3.07. The highest BCUT2D eigenvalue weighted by Gasteiger charge is 2.09. The fourth-order valence-electron chi connectivity index (χ4n) is 1.92. The van der Waals surface area contributed by atoms with Crippen molar-refractivity contribution < 1.29 is 9.18 Å². The van der Waals surface area contributed by atoms with Crippen LogP contribution in [0.1, 0.15) is 0 Å². The number of thioether (sulfide) groups is 1. The van der Waals surface area contributed by atoms with Crippen LogP contribution in [-0.2, 0) is 4.79 Å². The molecular weight excluding hydrogens is 411 g/mol. The van der Waals surface area contributed by atoms with Crippen LogP contribution in [0.5, 0.6) is 0 Å². The van der Waals surface area contributed by atoms with Gasteiger partial charge in [0.1, 0.15) is 5.82 Å². The Hall–Kier alpha value is -1.70. The zero-order valence-corrected chi connectivity index (χ0v) is 15.6. The number of hydrogen-bond donors (Lipinski definition) is 1. The molecule has 0 saturated carbocycles. The molecule has 0 unspecified atom stereocenters. The Bertz CT molecular complexity index is 835. The summed E-state index contributed by atoms with van der Waals surface area (Å²) in [7, 11) is 0. The first-order valence-corrected chi connectivity index (χ1v) is 9.66. The molecule has 24 heavy (non-hydrogen) atoms. The Labute approximate surface area is 155 Å². The molecule has 0 aliphatic heterocycles. The first-order valence-electron chi connectivity index (χ1n) is 7.00. The summed E-state index contributed by atoms with van der Waals surface area (Å²) in [5.41, 5.74) is 1.82. The van der Waals surface area contributed by atoms with Crippen LogP contribution < -0.4 is 5.32 Å². The van der Waals surface area contributed by atoms with Gasteiger partial charge in [0.25, 0.3) is 0 Å². The number of carbonyl (C=O) groups excluding carboxylic acids is 1. The summed E-state index contributed by atoms with van der Waals surface area (Å²) < 4.78 is 13.8. The number of anilines is 1. The number of nitrogens with one attached hydrogen (secondary N) is 1. The van der Waals surface area contributed by atoms with Crippen LogP contribution >= 0.6 is 39.0 Å². The third-order valence-corrected chi connectivity index (χ3v) is 5.37. The molecule has 7 heteroatoms. The van der Waals surface area contributed by atoms with Crippen molar-refractivity contribution in [2.24, 2.45) is 0 Å². The molecule has 122 valence electrons. The fraction of sp³-hybridized carbons (Fsp3) is 0.0588. The van der Waals surface area contributed by atoms with E-state index in [-0.39, 0.29) is 17.5 Å². The van der Waals surface area contributed by atoms with Crippen molar-refractivity contribution in [3.05, 3.63) is 64.2 Å². The van der Waals surface area contributed by atoms with Gasteiger partial charge < -0.3 is 5.32 Å². The van der Waals surface area contributed by atoms with E-state index >= 15 is 0 Å². The highest BCUT2D eigenvalue weighted by Crippen LogP contribution is 2.26. The standard InChI is InChI=1S/C17H12BrFN2OS2/c18-12-3-1-11(2-4-12)15-9-24-17(20-15)21-16(22)10-23-14-7-5-13(19)6-8-14/h1-9H,10H2,(H,20,21,22). The lowest BCUT2D eigenvalue weighted by Gasteiger charge is -2.02. The smallest absolute Gasteiger partial charge is 0.236 e. The second-order valence-corrected chi connectivity index (χ2v) is 7.66. The summed E-state index contributed by atoms with van der Waals surface area (Å²) in [5, 5.41) is 5.27. The summed E-state index contributed by atoms with van der Waals surface area (Å²) >= 11 is 6.14. The summed E-state index contributed by atoms with van der Waals surface area (Å²) in [5.74, 6) is -0.174. The maximum Gasteiger partial charge on any atom is 0.236 e. The van der Waals surface area contributed by atoms with E-state index in [2.05, 4.69) is 26.2 Å². The second-order valence-electron chi connectivity index (χ2n) is 4.84. The Morgan fingerprint density at radius 1 is 1.17 bits per heavy atom. The first kappa shape index (κ1) is 17.1. The SMILES string of the molecule is O=C(CSc1ccc(F)cc1)Nc1nc(-c2ccc(Br)cc2)cs1. The molecular formula is C17H12BrFN2OS2. The molecule has 1 aromatic heterocycles. The molecule has 1 N–H and O–H groups in total. The maximum atomic E-state index is 12.8. The Balaban J connectivity index is 1.57. The van der Waals surface area contributed by atoms with Crippen LogP contribution in [0.25, 0.3) is 11.3 Å². The lowest BCUT2D eigenvalue weighted by atomic mass is 10.2. The Morgan fingerprint density at radius 2 is 1.88 bits per heavy atom. The first-order chi connectivity index (χ1) is 11.6. The highest BCUT2D eigenvalue weighted by molar-refractivity contribution is 9.10. The number of hydrogen-bond acceptors (Lipinski definition) is 4. The van der Waals surface area contributed by atoms with Gasteiger partial charge in [-0.05, 0) is 36.4 Å². The number of rotatable bonds is 5. The van der Waals surface area contributed by atoms with Gasteiger partial charge in [0.15, 0.2) is 5.13 Å². The van der Waals surface area contributed by atoms with E-state index in [0.717, 1.165) is 20.6 Å². The summed E-state index contributed by atoms with van der Waals surface area (Å²) in [4.78, 5) is 17.3. The van der Waals surface area contributed by atoms with Crippen molar-refractivity contribution in [1.82, 2.24) is 4.98 Å². The number of aromatic nitrogens is 1. The minimum absolute atomic E-state index is 0.138. The molecule has 3 rings (SSSR count). The van der Waals surface area contributed by atoms with E-state index in [1.807, 2.05) is 29.6 Å². The van der Waals surface area contributed by atoms with Gasteiger partial charge in [0.05, 0.1) is 11.4 Å². The van der Waals surface area contributed by atoms with E-state index in [0.29, 0.717) is 5.13 Å². The minimum Gasteiger partial charge on any atom is -0.301 e. The molecule has 1 heterocycles. The number of nitrogens with zero attached hydrogens (tertiary/aromatic N) is 1. The number of benzene rings is 2. The number of halogens is 2. The van der Waals surface area contributed by atoms with Crippen molar-refractivity contribution >= 4 is 50.1 Å². The van der Waals surface area contributed by atoms with E-state index < -0.39 is 0 Å². The molecule has 3 nitrogen and oxygen atoms in total. The monoisotopic (exact) mass is 422 g/mol. The van der Waals surface area contributed by atoms with Crippen molar-refractivity contribution in [3.63, 3.8) is 0 Å². The topological polar surface area (TPSA) is 42.0 Å². The van der Waals surface area contributed by atoms with Crippen LogP contribution in [0.15, 0.2) is 63.3 Å².